The topological polar surface area (TPSA) is 61.4 Å². The van der Waals surface area contributed by atoms with Crippen molar-refractivity contribution in [2.24, 2.45) is 0 Å². The fourth-order valence-corrected chi connectivity index (χ4v) is 2.90. The summed E-state index contributed by atoms with van der Waals surface area (Å²) in [7, 11) is 0. The molecule has 0 unspecified atom stereocenters. The summed E-state index contributed by atoms with van der Waals surface area (Å²) >= 11 is 5.20. The van der Waals surface area contributed by atoms with Gasteiger partial charge in [0.05, 0.1) is 0 Å². The molecule has 5 nitrogen and oxygen atoms in total. The predicted octanol–water partition coefficient (Wildman–Crippen LogP) is 4.34. The van der Waals surface area contributed by atoms with E-state index in [0.717, 1.165) is 12.8 Å². The van der Waals surface area contributed by atoms with Crippen LogP contribution in [0.4, 0.5) is 5.69 Å². The number of unbranched alkanes of at least 4 members (excludes halogenated alkanes) is 4. The van der Waals surface area contributed by atoms with Gasteiger partial charge in [0.15, 0.2) is 5.11 Å². The van der Waals surface area contributed by atoms with Crippen molar-refractivity contribution in [1.82, 2.24) is 10.2 Å². The molecule has 0 aliphatic rings. The lowest BCUT2D eigenvalue weighted by atomic mass is 10.1. The van der Waals surface area contributed by atoms with E-state index in [1.807, 2.05) is 19.9 Å². The minimum absolute atomic E-state index is 0.0133. The number of carbonyl (C=O) groups excluding carboxylic acids is 2. The summed E-state index contributed by atoms with van der Waals surface area (Å²) in [6.07, 6.45) is 5.99. The molecule has 2 amide bonds. The molecule has 1 rings (SSSR count). The van der Waals surface area contributed by atoms with E-state index in [2.05, 4.69) is 17.6 Å². The molecule has 0 bridgehead atoms. The van der Waals surface area contributed by atoms with E-state index in [0.29, 0.717) is 30.8 Å². The summed E-state index contributed by atoms with van der Waals surface area (Å²) in [6.45, 7) is 7.41. The molecule has 1 aromatic rings. The van der Waals surface area contributed by atoms with E-state index >= 15 is 0 Å². The van der Waals surface area contributed by atoms with Crippen molar-refractivity contribution in [2.45, 2.75) is 59.3 Å². The fraction of sp³-hybridized carbons (Fsp3) is 0.550. The third kappa shape index (κ3) is 7.95. The van der Waals surface area contributed by atoms with Crippen LogP contribution in [0.2, 0.25) is 0 Å². The molecule has 0 aliphatic heterocycles. The second kappa shape index (κ2) is 12.4. The maximum atomic E-state index is 12.4. The molecule has 0 heterocycles. The Balaban J connectivity index is 2.50. The van der Waals surface area contributed by atoms with Crippen LogP contribution >= 0.6 is 12.2 Å². The maximum Gasteiger partial charge on any atom is 0.253 e. The highest BCUT2D eigenvalue weighted by molar-refractivity contribution is 7.80. The zero-order valence-corrected chi connectivity index (χ0v) is 17.0. The Morgan fingerprint density at radius 3 is 2.38 bits per heavy atom. The minimum atomic E-state index is -0.0747. The highest BCUT2D eigenvalue weighted by Crippen LogP contribution is 2.13. The Bertz CT molecular complexity index is 600. The number of hydrogen-bond donors (Lipinski definition) is 2. The van der Waals surface area contributed by atoms with E-state index in [1.165, 1.54) is 19.3 Å². The first kappa shape index (κ1) is 22.1. The maximum absolute atomic E-state index is 12.4. The van der Waals surface area contributed by atoms with Crippen LogP contribution in [0.15, 0.2) is 24.3 Å². The molecule has 6 heteroatoms. The highest BCUT2D eigenvalue weighted by atomic mass is 32.1. The average Bonchev–Trinajstić information content (AvgIpc) is 2.62. The van der Waals surface area contributed by atoms with Gasteiger partial charge in [-0.2, -0.15) is 0 Å². The lowest BCUT2D eigenvalue weighted by Crippen LogP contribution is -2.34. The molecule has 0 radical (unpaired) electrons. The molecule has 2 N–H and O–H groups in total. The summed E-state index contributed by atoms with van der Waals surface area (Å²) in [5, 5.41) is 5.94. The lowest BCUT2D eigenvalue weighted by molar-refractivity contribution is -0.119. The van der Waals surface area contributed by atoms with Crippen LogP contribution in [0.25, 0.3) is 0 Å². The van der Waals surface area contributed by atoms with E-state index in [9.17, 15) is 9.59 Å². The first-order valence-electron chi connectivity index (χ1n) is 9.51. The van der Waals surface area contributed by atoms with Gasteiger partial charge in [-0.05, 0) is 50.7 Å². The van der Waals surface area contributed by atoms with E-state index in [-0.39, 0.29) is 16.9 Å². The molecular formula is C20H31N3O2S. The molecule has 144 valence electrons. The fourth-order valence-electron chi connectivity index (χ4n) is 2.66. The van der Waals surface area contributed by atoms with Crippen molar-refractivity contribution in [3.63, 3.8) is 0 Å². The van der Waals surface area contributed by atoms with Crippen molar-refractivity contribution in [2.75, 3.05) is 18.4 Å². The van der Waals surface area contributed by atoms with E-state index in [4.69, 9.17) is 12.2 Å². The van der Waals surface area contributed by atoms with Crippen molar-refractivity contribution in [3.05, 3.63) is 29.8 Å². The number of nitrogens with one attached hydrogen (secondary N) is 2. The monoisotopic (exact) mass is 377 g/mol. The molecular weight excluding hydrogens is 346 g/mol. The number of carbonyl (C=O) groups is 2. The van der Waals surface area contributed by atoms with Crippen LogP contribution in [0.3, 0.4) is 0 Å². The Morgan fingerprint density at radius 1 is 1.04 bits per heavy atom. The summed E-state index contributed by atoms with van der Waals surface area (Å²) in [5.74, 6) is -0.0879. The van der Waals surface area contributed by atoms with E-state index < -0.39 is 0 Å². The first-order chi connectivity index (χ1) is 12.5. The zero-order chi connectivity index (χ0) is 19.4. The van der Waals surface area contributed by atoms with Crippen molar-refractivity contribution in [1.29, 1.82) is 0 Å². The van der Waals surface area contributed by atoms with Crippen LogP contribution in [0, 0.1) is 0 Å². The van der Waals surface area contributed by atoms with Gasteiger partial charge in [0.2, 0.25) is 5.91 Å². The summed E-state index contributed by atoms with van der Waals surface area (Å²) in [6, 6.07) is 7.16. The number of amides is 2. The Kier molecular flexibility index (Phi) is 10.5. The van der Waals surface area contributed by atoms with Gasteiger partial charge in [-0.3, -0.25) is 9.59 Å². The first-order valence-corrected chi connectivity index (χ1v) is 9.92. The summed E-state index contributed by atoms with van der Waals surface area (Å²) in [5.41, 5.74) is 1.29. The molecule has 26 heavy (non-hydrogen) atoms. The largest absolute Gasteiger partial charge is 0.339 e. The molecule has 0 aliphatic carbocycles. The lowest BCUT2D eigenvalue weighted by Gasteiger charge is -2.19. The van der Waals surface area contributed by atoms with Gasteiger partial charge >= 0.3 is 0 Å². The number of hydrogen-bond acceptors (Lipinski definition) is 3. The second-order valence-electron chi connectivity index (χ2n) is 6.22. The van der Waals surface area contributed by atoms with Crippen LogP contribution in [-0.2, 0) is 4.79 Å². The third-order valence-corrected chi connectivity index (χ3v) is 4.38. The number of anilines is 1. The molecule has 0 saturated carbocycles. The summed E-state index contributed by atoms with van der Waals surface area (Å²) in [4.78, 5) is 26.1. The Hall–Kier alpha value is -1.95. The van der Waals surface area contributed by atoms with Gasteiger partial charge in [0.1, 0.15) is 0 Å². The van der Waals surface area contributed by atoms with Gasteiger partial charge in [-0.15, -0.1) is 0 Å². The quantitative estimate of drug-likeness (QED) is 0.470. The van der Waals surface area contributed by atoms with Gasteiger partial charge in [-0.25, -0.2) is 0 Å². The van der Waals surface area contributed by atoms with Crippen LogP contribution in [0.1, 0.15) is 69.7 Å². The van der Waals surface area contributed by atoms with Gasteiger partial charge in [-0.1, -0.05) is 38.7 Å². The van der Waals surface area contributed by atoms with Crippen molar-refractivity contribution >= 4 is 34.8 Å². The van der Waals surface area contributed by atoms with Gasteiger partial charge in [0.25, 0.3) is 5.91 Å². The standard InChI is InChI=1S/C20H31N3O2S/c1-4-7-8-9-10-14-18(24)22-20(26)21-17-13-11-12-16(15-17)19(25)23(5-2)6-3/h11-13,15H,4-10,14H2,1-3H3,(H2,21,22,24,26). The Morgan fingerprint density at radius 2 is 1.73 bits per heavy atom. The molecule has 0 atom stereocenters. The smallest absolute Gasteiger partial charge is 0.253 e. The van der Waals surface area contributed by atoms with Crippen LogP contribution < -0.4 is 10.6 Å². The van der Waals surface area contributed by atoms with Crippen LogP contribution in [-0.4, -0.2) is 34.9 Å². The molecule has 0 spiro atoms. The highest BCUT2D eigenvalue weighted by Gasteiger charge is 2.13. The number of rotatable bonds is 10. The second-order valence-corrected chi connectivity index (χ2v) is 6.63. The number of nitrogens with zero attached hydrogens (tertiary/aromatic N) is 1. The predicted molar refractivity (Wildman–Crippen MR) is 111 cm³/mol. The number of thiocarbonyl (C=S) groups is 1. The SMILES string of the molecule is CCCCCCCC(=O)NC(=S)Nc1cccc(C(=O)N(CC)CC)c1. The van der Waals surface area contributed by atoms with Gasteiger partial charge < -0.3 is 15.5 Å². The van der Waals surface area contributed by atoms with Crippen molar-refractivity contribution < 1.29 is 9.59 Å². The number of benzene rings is 1. The van der Waals surface area contributed by atoms with Crippen molar-refractivity contribution in [3.8, 4) is 0 Å². The molecule has 0 aromatic heterocycles. The molecule has 0 saturated heterocycles. The van der Waals surface area contributed by atoms with E-state index in [1.54, 1.807) is 23.1 Å². The van der Waals surface area contributed by atoms with Gasteiger partial charge in [0, 0.05) is 30.8 Å². The zero-order valence-electron chi connectivity index (χ0n) is 16.1. The normalized spacial score (nSPS) is 10.3. The summed E-state index contributed by atoms with van der Waals surface area (Å²) < 4.78 is 0. The third-order valence-electron chi connectivity index (χ3n) is 4.18. The average molecular weight is 378 g/mol. The van der Waals surface area contributed by atoms with Crippen LogP contribution in [0.5, 0.6) is 0 Å². The minimum Gasteiger partial charge on any atom is -0.339 e. The Labute approximate surface area is 162 Å². The molecule has 1 aromatic carbocycles. The molecule has 0 fully saturated rings.